The number of aliphatic hydroxyl groups is 1. The molecule has 1 aliphatic carbocycles. The van der Waals surface area contributed by atoms with Crippen LogP contribution < -0.4 is 5.32 Å². The number of hydrogen-bond donors (Lipinski definition) is 2. The Kier molecular flexibility index (Phi) is 6.27. The fraction of sp³-hybridized carbons (Fsp3) is 0.650. The van der Waals surface area contributed by atoms with Gasteiger partial charge in [-0.1, -0.05) is 37.5 Å². The van der Waals surface area contributed by atoms with Gasteiger partial charge in [-0.05, 0) is 43.9 Å². The summed E-state index contributed by atoms with van der Waals surface area (Å²) >= 11 is 0. The Hall–Kier alpha value is -1.39. The molecule has 0 radical (unpaired) electrons. The molecule has 1 saturated heterocycles. The van der Waals surface area contributed by atoms with Gasteiger partial charge in [0.05, 0.1) is 0 Å². The minimum atomic E-state index is -0.0291. The minimum absolute atomic E-state index is 0.0291. The molecule has 132 valence electrons. The molecule has 0 aromatic heterocycles. The predicted molar refractivity (Wildman–Crippen MR) is 95.9 cm³/mol. The molecular weight excluding hydrogens is 300 g/mol. The maximum Gasteiger partial charge on any atom is 0.251 e. The second-order valence-electron chi connectivity index (χ2n) is 7.44. The Labute approximate surface area is 145 Å². The first-order valence-electron chi connectivity index (χ1n) is 9.45. The number of nitrogens with zero attached hydrogens (tertiary/aromatic N) is 1. The highest BCUT2D eigenvalue weighted by Crippen LogP contribution is 2.26. The molecule has 1 aromatic rings. The molecule has 2 aliphatic rings. The van der Waals surface area contributed by atoms with Gasteiger partial charge >= 0.3 is 0 Å². The Bertz CT molecular complexity index is 514. The van der Waals surface area contributed by atoms with E-state index in [2.05, 4.69) is 10.2 Å². The van der Waals surface area contributed by atoms with Crippen molar-refractivity contribution in [2.24, 2.45) is 11.8 Å². The highest BCUT2D eigenvalue weighted by atomic mass is 16.3. The predicted octanol–water partition coefficient (Wildman–Crippen LogP) is 2.68. The Morgan fingerprint density at radius 1 is 1.12 bits per heavy atom. The molecule has 4 nitrogen and oxygen atoms in total. The lowest BCUT2D eigenvalue weighted by atomic mass is 9.87. The van der Waals surface area contributed by atoms with Gasteiger partial charge in [-0.2, -0.15) is 0 Å². The van der Waals surface area contributed by atoms with Crippen molar-refractivity contribution in [3.05, 3.63) is 35.9 Å². The molecule has 1 saturated carbocycles. The molecule has 1 aliphatic heterocycles. The first kappa shape index (κ1) is 17.4. The van der Waals surface area contributed by atoms with Crippen LogP contribution in [0.15, 0.2) is 30.3 Å². The molecule has 0 spiro atoms. The van der Waals surface area contributed by atoms with Crippen LogP contribution in [-0.4, -0.2) is 48.2 Å². The zero-order valence-electron chi connectivity index (χ0n) is 14.5. The fourth-order valence-corrected chi connectivity index (χ4v) is 4.19. The van der Waals surface area contributed by atoms with Crippen molar-refractivity contribution in [2.45, 2.75) is 44.6 Å². The van der Waals surface area contributed by atoms with Crippen molar-refractivity contribution in [2.75, 3.05) is 26.2 Å². The van der Waals surface area contributed by atoms with Crippen LogP contribution in [-0.2, 0) is 0 Å². The van der Waals surface area contributed by atoms with Crippen molar-refractivity contribution in [1.82, 2.24) is 10.2 Å². The highest BCUT2D eigenvalue weighted by molar-refractivity contribution is 5.94. The first-order valence-corrected chi connectivity index (χ1v) is 9.45. The van der Waals surface area contributed by atoms with Gasteiger partial charge in [0, 0.05) is 37.2 Å². The van der Waals surface area contributed by atoms with E-state index >= 15 is 0 Å². The van der Waals surface area contributed by atoms with Gasteiger partial charge < -0.3 is 15.3 Å². The van der Waals surface area contributed by atoms with E-state index in [1.165, 1.54) is 32.1 Å². The second kappa shape index (κ2) is 8.63. The number of piperidine rings is 1. The van der Waals surface area contributed by atoms with Crippen LogP contribution >= 0.6 is 0 Å². The first-order chi connectivity index (χ1) is 11.8. The van der Waals surface area contributed by atoms with Gasteiger partial charge in [-0.3, -0.25) is 4.79 Å². The second-order valence-corrected chi connectivity index (χ2v) is 7.44. The Morgan fingerprint density at radius 2 is 1.88 bits per heavy atom. The summed E-state index contributed by atoms with van der Waals surface area (Å²) in [5.74, 6) is 0.953. The molecule has 1 aromatic carbocycles. The van der Waals surface area contributed by atoms with Gasteiger partial charge in [0.2, 0.25) is 0 Å². The van der Waals surface area contributed by atoms with E-state index in [0.29, 0.717) is 5.56 Å². The van der Waals surface area contributed by atoms with Crippen LogP contribution in [0.2, 0.25) is 0 Å². The fourth-order valence-electron chi connectivity index (χ4n) is 4.19. The minimum Gasteiger partial charge on any atom is -0.396 e. The molecule has 4 heteroatoms. The topological polar surface area (TPSA) is 52.6 Å². The largest absolute Gasteiger partial charge is 0.396 e. The standard InChI is InChI=1S/C20H30N2O2/c23-15-18-11-12-22(13-16-7-3-1-4-8-16)14-19(18)21-20(24)17-9-5-2-6-10-17/h2,5-6,9-10,16,18-19,23H,1,3-4,7-8,11-15H2,(H,21,24)/t18-,19-/m1/s1. The molecule has 24 heavy (non-hydrogen) atoms. The lowest BCUT2D eigenvalue weighted by Crippen LogP contribution is -2.54. The molecule has 0 bridgehead atoms. The van der Waals surface area contributed by atoms with E-state index in [0.717, 1.165) is 32.0 Å². The molecule has 0 unspecified atom stereocenters. The van der Waals surface area contributed by atoms with Crippen LogP contribution in [0, 0.1) is 11.8 Å². The number of aliphatic hydroxyl groups excluding tert-OH is 1. The number of benzene rings is 1. The molecular formula is C20H30N2O2. The van der Waals surface area contributed by atoms with E-state index in [9.17, 15) is 9.90 Å². The average molecular weight is 330 g/mol. The molecule has 1 heterocycles. The molecule has 2 atom stereocenters. The van der Waals surface area contributed by atoms with Crippen LogP contribution in [0.3, 0.4) is 0 Å². The molecule has 1 amide bonds. The summed E-state index contributed by atoms with van der Waals surface area (Å²) in [7, 11) is 0. The third-order valence-corrected chi connectivity index (χ3v) is 5.67. The van der Waals surface area contributed by atoms with Crippen LogP contribution in [0.25, 0.3) is 0 Å². The third-order valence-electron chi connectivity index (χ3n) is 5.67. The third kappa shape index (κ3) is 4.58. The normalized spacial score (nSPS) is 26.2. The van der Waals surface area contributed by atoms with Crippen molar-refractivity contribution in [3.8, 4) is 0 Å². The Balaban J connectivity index is 1.57. The maximum absolute atomic E-state index is 12.5. The van der Waals surface area contributed by atoms with E-state index in [-0.39, 0.29) is 24.5 Å². The molecule has 2 N–H and O–H groups in total. The summed E-state index contributed by atoms with van der Waals surface area (Å²) in [5.41, 5.74) is 0.693. The van der Waals surface area contributed by atoms with Crippen molar-refractivity contribution in [3.63, 3.8) is 0 Å². The van der Waals surface area contributed by atoms with E-state index in [1.54, 1.807) is 0 Å². The SMILES string of the molecule is O=C(N[C@@H]1CN(CC2CCCCC2)CC[C@@H]1CO)c1ccccc1. The summed E-state index contributed by atoms with van der Waals surface area (Å²) in [6.45, 7) is 3.20. The number of rotatable bonds is 5. The van der Waals surface area contributed by atoms with E-state index < -0.39 is 0 Å². The molecule has 2 fully saturated rings. The Morgan fingerprint density at radius 3 is 2.58 bits per heavy atom. The number of nitrogens with one attached hydrogen (secondary N) is 1. The summed E-state index contributed by atoms with van der Waals surface area (Å²) in [5, 5.41) is 12.8. The van der Waals surface area contributed by atoms with E-state index in [4.69, 9.17) is 0 Å². The van der Waals surface area contributed by atoms with Gasteiger partial charge in [-0.25, -0.2) is 0 Å². The van der Waals surface area contributed by atoms with E-state index in [1.807, 2.05) is 30.3 Å². The number of carbonyl (C=O) groups excluding carboxylic acids is 1. The van der Waals surface area contributed by atoms with Crippen LogP contribution in [0.4, 0.5) is 0 Å². The van der Waals surface area contributed by atoms with Crippen molar-refractivity contribution in [1.29, 1.82) is 0 Å². The summed E-state index contributed by atoms with van der Waals surface area (Å²) in [6.07, 6.45) is 7.78. The van der Waals surface area contributed by atoms with Crippen LogP contribution in [0.5, 0.6) is 0 Å². The van der Waals surface area contributed by atoms with Gasteiger partial charge in [-0.15, -0.1) is 0 Å². The monoisotopic (exact) mass is 330 g/mol. The smallest absolute Gasteiger partial charge is 0.251 e. The van der Waals surface area contributed by atoms with Crippen molar-refractivity contribution >= 4 is 5.91 Å². The molecule has 3 rings (SSSR count). The van der Waals surface area contributed by atoms with Gasteiger partial charge in [0.15, 0.2) is 0 Å². The maximum atomic E-state index is 12.5. The zero-order valence-corrected chi connectivity index (χ0v) is 14.5. The van der Waals surface area contributed by atoms with Gasteiger partial charge in [0.1, 0.15) is 0 Å². The summed E-state index contributed by atoms with van der Waals surface area (Å²) in [4.78, 5) is 15.0. The number of likely N-dealkylation sites (tertiary alicyclic amines) is 1. The number of carbonyl (C=O) groups is 1. The lowest BCUT2D eigenvalue weighted by Gasteiger charge is -2.40. The van der Waals surface area contributed by atoms with Gasteiger partial charge in [0.25, 0.3) is 5.91 Å². The highest BCUT2D eigenvalue weighted by Gasteiger charge is 2.31. The van der Waals surface area contributed by atoms with Crippen LogP contribution in [0.1, 0.15) is 48.9 Å². The number of amides is 1. The number of hydrogen-bond acceptors (Lipinski definition) is 3. The lowest BCUT2D eigenvalue weighted by molar-refractivity contribution is 0.0682. The summed E-state index contributed by atoms with van der Waals surface area (Å²) < 4.78 is 0. The average Bonchev–Trinajstić information content (AvgIpc) is 2.63. The quantitative estimate of drug-likeness (QED) is 0.873. The zero-order chi connectivity index (χ0) is 16.8. The summed E-state index contributed by atoms with van der Waals surface area (Å²) in [6, 6.07) is 9.40. The van der Waals surface area contributed by atoms with Crippen molar-refractivity contribution < 1.29 is 9.90 Å².